The number of carbonyl (C=O) groups is 2. The molecule has 1 aromatic heterocycles. The average molecular weight is 433 g/mol. The van der Waals surface area contributed by atoms with E-state index in [1.165, 1.54) is 7.11 Å². The number of H-pyrrole nitrogens is 1. The third-order valence-corrected chi connectivity index (χ3v) is 5.28. The van der Waals surface area contributed by atoms with Gasteiger partial charge in [0.15, 0.2) is 0 Å². The average Bonchev–Trinajstić information content (AvgIpc) is 2.76. The Bertz CT molecular complexity index is 1250. The molecule has 0 saturated heterocycles. The Morgan fingerprint density at radius 3 is 2.59 bits per heavy atom. The highest BCUT2D eigenvalue weighted by Gasteiger charge is 2.35. The van der Waals surface area contributed by atoms with Gasteiger partial charge in [-0.05, 0) is 37.6 Å². The Hall–Kier alpha value is -4.14. The molecule has 2 heterocycles. The zero-order valence-electron chi connectivity index (χ0n) is 17.9. The van der Waals surface area contributed by atoms with Crippen LogP contribution >= 0.6 is 0 Å². The second-order valence-corrected chi connectivity index (χ2v) is 7.64. The van der Waals surface area contributed by atoms with Crippen molar-refractivity contribution in [1.82, 2.24) is 9.97 Å². The van der Waals surface area contributed by atoms with Gasteiger partial charge in [-0.25, -0.2) is 0 Å². The van der Waals surface area contributed by atoms with Crippen molar-refractivity contribution in [3.63, 3.8) is 0 Å². The van der Waals surface area contributed by atoms with Crippen LogP contribution in [0.15, 0.2) is 47.3 Å². The van der Waals surface area contributed by atoms with E-state index in [0.29, 0.717) is 11.4 Å². The van der Waals surface area contributed by atoms with Crippen LogP contribution in [0.25, 0.3) is 0 Å². The van der Waals surface area contributed by atoms with Gasteiger partial charge in [-0.1, -0.05) is 23.8 Å². The number of carbonyl (C=O) groups excluding carboxylic acids is 2. The fraction of sp³-hybridized carbons (Fsp3) is 0.217. The summed E-state index contributed by atoms with van der Waals surface area (Å²) in [6, 6.07) is 12.8. The van der Waals surface area contributed by atoms with Crippen LogP contribution in [0.5, 0.6) is 5.75 Å². The Kier molecular flexibility index (Phi) is 5.63. The van der Waals surface area contributed by atoms with Crippen molar-refractivity contribution in [1.29, 1.82) is 0 Å². The van der Waals surface area contributed by atoms with Crippen LogP contribution in [0, 0.1) is 13.8 Å². The van der Waals surface area contributed by atoms with E-state index >= 15 is 0 Å². The zero-order chi connectivity index (χ0) is 22.8. The molecule has 2 amide bonds. The number of rotatable bonds is 5. The number of nitrogens with one attached hydrogen (secondary N) is 4. The Balaban J connectivity index is 1.64. The normalized spacial score (nSPS) is 14.8. The van der Waals surface area contributed by atoms with Gasteiger partial charge in [-0.15, -0.1) is 0 Å². The number of hydrogen-bond donors (Lipinski definition) is 4. The standard InChI is InChI=1S/C23H23N5O4/c1-12-4-7-14(8-5-12)24-23-27-20-19(22(31)28-23)16(11-18(29)26-20)21(30)25-17-10-15(32-3)9-6-13(17)2/h4-10,16H,11H2,1-3H3,(H,25,30)(H3,24,26,27,28,29,31)/t16-/m1/s1. The van der Waals surface area contributed by atoms with Crippen LogP contribution in [0.3, 0.4) is 0 Å². The SMILES string of the molecule is COc1ccc(C)c(NC(=O)[C@@H]2CC(=O)Nc3nc(Nc4ccc(C)cc4)[nH]c(=O)c32)c1. The summed E-state index contributed by atoms with van der Waals surface area (Å²) in [5.74, 6) is -1.01. The first-order valence-electron chi connectivity index (χ1n) is 10.1. The van der Waals surface area contributed by atoms with Crippen LogP contribution in [-0.2, 0) is 9.59 Å². The predicted octanol–water partition coefficient (Wildman–Crippen LogP) is 3.20. The first-order chi connectivity index (χ1) is 15.3. The molecule has 1 aliphatic rings. The zero-order valence-corrected chi connectivity index (χ0v) is 17.9. The molecular formula is C23H23N5O4. The fourth-order valence-electron chi connectivity index (χ4n) is 3.51. The van der Waals surface area contributed by atoms with E-state index in [1.54, 1.807) is 12.1 Å². The molecule has 0 unspecified atom stereocenters. The van der Waals surface area contributed by atoms with Gasteiger partial charge in [0.2, 0.25) is 17.8 Å². The molecule has 0 bridgehead atoms. The molecule has 164 valence electrons. The quantitative estimate of drug-likeness (QED) is 0.490. The lowest BCUT2D eigenvalue weighted by atomic mass is 9.92. The number of methoxy groups -OCH3 is 1. The molecule has 0 aliphatic carbocycles. The largest absolute Gasteiger partial charge is 0.497 e. The third-order valence-electron chi connectivity index (χ3n) is 5.28. The van der Waals surface area contributed by atoms with Gasteiger partial charge in [0.1, 0.15) is 11.6 Å². The highest BCUT2D eigenvalue weighted by atomic mass is 16.5. The van der Waals surface area contributed by atoms with Crippen LogP contribution in [0.4, 0.5) is 23.1 Å². The number of aromatic amines is 1. The molecule has 9 heteroatoms. The summed E-state index contributed by atoms with van der Waals surface area (Å²) in [7, 11) is 1.53. The minimum Gasteiger partial charge on any atom is -0.497 e. The van der Waals surface area contributed by atoms with E-state index in [4.69, 9.17) is 4.74 Å². The van der Waals surface area contributed by atoms with E-state index in [2.05, 4.69) is 25.9 Å². The Labute approximate surface area is 184 Å². The number of ether oxygens (including phenoxy) is 1. The molecule has 2 aromatic carbocycles. The van der Waals surface area contributed by atoms with Gasteiger partial charge in [-0.2, -0.15) is 4.98 Å². The number of fused-ring (bicyclic) bond motifs is 1. The second kappa shape index (κ2) is 8.54. The smallest absolute Gasteiger partial charge is 0.258 e. The lowest BCUT2D eigenvalue weighted by Crippen LogP contribution is -2.36. The molecule has 32 heavy (non-hydrogen) atoms. The molecule has 9 nitrogen and oxygen atoms in total. The predicted molar refractivity (Wildman–Crippen MR) is 122 cm³/mol. The van der Waals surface area contributed by atoms with Gasteiger partial charge in [-0.3, -0.25) is 19.4 Å². The van der Waals surface area contributed by atoms with E-state index in [0.717, 1.165) is 16.8 Å². The second-order valence-electron chi connectivity index (χ2n) is 7.64. The molecule has 1 atom stereocenters. The maximum atomic E-state index is 13.1. The minimum absolute atomic E-state index is 0.0714. The van der Waals surface area contributed by atoms with Crippen molar-refractivity contribution in [2.24, 2.45) is 0 Å². The molecule has 1 aliphatic heterocycles. The van der Waals surface area contributed by atoms with Crippen molar-refractivity contribution >= 4 is 35.0 Å². The first kappa shape index (κ1) is 21.1. The van der Waals surface area contributed by atoms with E-state index in [1.807, 2.05) is 44.2 Å². The van der Waals surface area contributed by atoms with E-state index < -0.39 is 17.4 Å². The van der Waals surface area contributed by atoms with Crippen molar-refractivity contribution in [3.8, 4) is 5.75 Å². The fourth-order valence-corrected chi connectivity index (χ4v) is 3.51. The molecule has 0 radical (unpaired) electrons. The maximum absolute atomic E-state index is 13.1. The molecular weight excluding hydrogens is 410 g/mol. The number of aromatic nitrogens is 2. The number of benzene rings is 2. The molecule has 3 aromatic rings. The molecule has 0 saturated carbocycles. The number of nitrogens with zero attached hydrogens (tertiary/aromatic N) is 1. The van der Waals surface area contributed by atoms with Crippen LogP contribution in [0.2, 0.25) is 0 Å². The summed E-state index contributed by atoms with van der Waals surface area (Å²) in [6.07, 6.45) is -0.155. The van der Waals surface area contributed by atoms with Crippen molar-refractivity contribution in [2.75, 3.05) is 23.1 Å². The van der Waals surface area contributed by atoms with E-state index in [-0.39, 0.29) is 29.7 Å². The molecule has 4 N–H and O–H groups in total. The van der Waals surface area contributed by atoms with Crippen molar-refractivity contribution < 1.29 is 14.3 Å². The molecule has 0 spiro atoms. The maximum Gasteiger partial charge on any atom is 0.258 e. The molecule has 4 rings (SSSR count). The van der Waals surface area contributed by atoms with Gasteiger partial charge in [0, 0.05) is 23.9 Å². The minimum atomic E-state index is -0.978. The van der Waals surface area contributed by atoms with Gasteiger partial charge < -0.3 is 20.7 Å². The summed E-state index contributed by atoms with van der Waals surface area (Å²) in [4.78, 5) is 45.2. The summed E-state index contributed by atoms with van der Waals surface area (Å²) in [5.41, 5.74) is 2.82. The lowest BCUT2D eigenvalue weighted by Gasteiger charge is -2.24. The Morgan fingerprint density at radius 2 is 1.88 bits per heavy atom. The van der Waals surface area contributed by atoms with Crippen LogP contribution in [0.1, 0.15) is 29.0 Å². The van der Waals surface area contributed by atoms with Gasteiger partial charge in [0.05, 0.1) is 18.6 Å². The van der Waals surface area contributed by atoms with Gasteiger partial charge >= 0.3 is 0 Å². The van der Waals surface area contributed by atoms with E-state index in [9.17, 15) is 14.4 Å². The number of hydrogen-bond acceptors (Lipinski definition) is 6. The Morgan fingerprint density at radius 1 is 1.12 bits per heavy atom. The van der Waals surface area contributed by atoms with Crippen LogP contribution in [-0.4, -0.2) is 28.9 Å². The first-order valence-corrected chi connectivity index (χ1v) is 10.1. The number of anilines is 4. The summed E-state index contributed by atoms with van der Waals surface area (Å²) in [6.45, 7) is 3.81. The monoisotopic (exact) mass is 433 g/mol. The summed E-state index contributed by atoms with van der Waals surface area (Å²) >= 11 is 0. The van der Waals surface area contributed by atoms with Gasteiger partial charge in [0.25, 0.3) is 5.56 Å². The lowest BCUT2D eigenvalue weighted by molar-refractivity contribution is -0.123. The summed E-state index contributed by atoms with van der Waals surface area (Å²) < 4.78 is 5.21. The molecule has 0 fully saturated rings. The van der Waals surface area contributed by atoms with Crippen LogP contribution < -0.4 is 26.2 Å². The third kappa shape index (κ3) is 4.31. The summed E-state index contributed by atoms with van der Waals surface area (Å²) in [5, 5.41) is 8.42. The van der Waals surface area contributed by atoms with Crippen molar-refractivity contribution in [3.05, 3.63) is 69.5 Å². The highest BCUT2D eigenvalue weighted by Crippen LogP contribution is 2.31. The topological polar surface area (TPSA) is 125 Å². The number of aryl methyl sites for hydroxylation is 2. The highest BCUT2D eigenvalue weighted by molar-refractivity contribution is 6.04. The van der Waals surface area contributed by atoms with Crippen molar-refractivity contribution in [2.45, 2.75) is 26.2 Å². The number of amides is 2.